The zero-order chi connectivity index (χ0) is 13.7. The van der Waals surface area contributed by atoms with Crippen LogP contribution in [0.1, 0.15) is 23.8 Å². The van der Waals surface area contributed by atoms with Gasteiger partial charge in [0.25, 0.3) is 0 Å². The molecule has 102 valence electrons. The predicted molar refractivity (Wildman–Crippen MR) is 81.5 cm³/mol. The maximum Gasteiger partial charge on any atom is 0.115 e. The number of phenolic OH excluding ortho intramolecular Hbond substituents is 1. The van der Waals surface area contributed by atoms with Gasteiger partial charge in [-0.05, 0) is 48.9 Å². The standard InChI is InChI=1S/C15H20N2OS/c1-11(17-10-15-14(16)8-9-19-15)2-3-12-4-6-13(18)7-5-12/h4-9,11,17-18H,2-3,10,16H2,1H3. The summed E-state index contributed by atoms with van der Waals surface area (Å²) in [6, 6.07) is 9.80. The van der Waals surface area contributed by atoms with Crippen LogP contribution in [0, 0.1) is 0 Å². The molecular formula is C15H20N2OS. The summed E-state index contributed by atoms with van der Waals surface area (Å²) in [5.74, 6) is 0.322. The molecule has 0 aliphatic heterocycles. The number of rotatable bonds is 6. The number of nitrogens with two attached hydrogens (primary N) is 1. The number of nitrogen functional groups attached to an aromatic ring is 1. The summed E-state index contributed by atoms with van der Waals surface area (Å²) in [4.78, 5) is 1.21. The van der Waals surface area contributed by atoms with Crippen molar-refractivity contribution in [2.75, 3.05) is 5.73 Å². The van der Waals surface area contributed by atoms with E-state index in [2.05, 4.69) is 12.2 Å². The molecule has 4 heteroatoms. The second kappa shape index (κ2) is 6.59. The smallest absolute Gasteiger partial charge is 0.115 e. The minimum absolute atomic E-state index is 0.322. The van der Waals surface area contributed by atoms with Crippen molar-refractivity contribution in [3.63, 3.8) is 0 Å². The largest absolute Gasteiger partial charge is 0.508 e. The van der Waals surface area contributed by atoms with Crippen LogP contribution in [0.4, 0.5) is 5.69 Å². The number of thiophene rings is 1. The molecule has 0 spiro atoms. The Morgan fingerprint density at radius 3 is 2.63 bits per heavy atom. The molecule has 1 aromatic heterocycles. The van der Waals surface area contributed by atoms with Gasteiger partial charge in [-0.15, -0.1) is 11.3 Å². The fourth-order valence-corrected chi connectivity index (χ4v) is 2.66. The van der Waals surface area contributed by atoms with Crippen molar-refractivity contribution in [1.82, 2.24) is 5.32 Å². The summed E-state index contributed by atoms with van der Waals surface area (Å²) in [7, 11) is 0. The van der Waals surface area contributed by atoms with Gasteiger partial charge in [0.05, 0.1) is 0 Å². The first-order valence-electron chi connectivity index (χ1n) is 6.48. The fourth-order valence-electron chi connectivity index (χ4n) is 1.91. The lowest BCUT2D eigenvalue weighted by atomic mass is 10.1. The van der Waals surface area contributed by atoms with E-state index >= 15 is 0 Å². The number of aromatic hydroxyl groups is 1. The van der Waals surface area contributed by atoms with Gasteiger partial charge in [-0.1, -0.05) is 12.1 Å². The van der Waals surface area contributed by atoms with Crippen molar-refractivity contribution in [3.05, 3.63) is 46.2 Å². The summed E-state index contributed by atoms with van der Waals surface area (Å²) in [6.45, 7) is 3.02. The Morgan fingerprint density at radius 2 is 2.00 bits per heavy atom. The van der Waals surface area contributed by atoms with Crippen molar-refractivity contribution in [1.29, 1.82) is 0 Å². The molecule has 1 aromatic carbocycles. The van der Waals surface area contributed by atoms with E-state index in [-0.39, 0.29) is 0 Å². The number of aryl methyl sites for hydroxylation is 1. The molecular weight excluding hydrogens is 256 g/mol. The van der Waals surface area contributed by atoms with E-state index in [1.54, 1.807) is 23.5 Å². The lowest BCUT2D eigenvalue weighted by Gasteiger charge is -2.13. The Bertz CT molecular complexity index is 507. The normalized spacial score (nSPS) is 12.5. The van der Waals surface area contributed by atoms with E-state index in [1.165, 1.54) is 10.4 Å². The Balaban J connectivity index is 1.74. The van der Waals surface area contributed by atoms with Crippen molar-refractivity contribution < 1.29 is 5.11 Å². The van der Waals surface area contributed by atoms with Crippen molar-refractivity contribution in [3.8, 4) is 5.75 Å². The fraction of sp³-hybridized carbons (Fsp3) is 0.333. The number of hydrogen-bond acceptors (Lipinski definition) is 4. The Kier molecular flexibility index (Phi) is 4.82. The van der Waals surface area contributed by atoms with Crippen LogP contribution in [0.3, 0.4) is 0 Å². The predicted octanol–water partition coefficient (Wildman–Crippen LogP) is 3.15. The van der Waals surface area contributed by atoms with Crippen LogP contribution in [-0.2, 0) is 13.0 Å². The van der Waals surface area contributed by atoms with E-state index in [1.807, 2.05) is 23.6 Å². The molecule has 0 radical (unpaired) electrons. The Hall–Kier alpha value is -1.52. The highest BCUT2D eigenvalue weighted by atomic mass is 32.1. The van der Waals surface area contributed by atoms with Gasteiger partial charge in [0, 0.05) is 23.2 Å². The van der Waals surface area contributed by atoms with Gasteiger partial charge in [0.2, 0.25) is 0 Å². The molecule has 3 nitrogen and oxygen atoms in total. The van der Waals surface area contributed by atoms with Crippen molar-refractivity contribution in [2.45, 2.75) is 32.4 Å². The van der Waals surface area contributed by atoms with E-state index in [0.717, 1.165) is 25.1 Å². The third kappa shape index (κ3) is 4.26. The molecule has 0 fully saturated rings. The SMILES string of the molecule is CC(CCc1ccc(O)cc1)NCc1sccc1N. The lowest BCUT2D eigenvalue weighted by Crippen LogP contribution is -2.25. The number of hydrogen-bond donors (Lipinski definition) is 3. The average molecular weight is 276 g/mol. The van der Waals surface area contributed by atoms with Gasteiger partial charge in [-0.3, -0.25) is 0 Å². The van der Waals surface area contributed by atoms with Gasteiger partial charge in [0.15, 0.2) is 0 Å². The number of anilines is 1. The monoisotopic (exact) mass is 276 g/mol. The maximum atomic E-state index is 9.23. The highest BCUT2D eigenvalue weighted by Gasteiger charge is 2.05. The Morgan fingerprint density at radius 1 is 1.26 bits per heavy atom. The van der Waals surface area contributed by atoms with Crippen LogP contribution in [-0.4, -0.2) is 11.1 Å². The minimum atomic E-state index is 0.322. The molecule has 4 N–H and O–H groups in total. The van der Waals surface area contributed by atoms with Crippen molar-refractivity contribution in [2.24, 2.45) is 0 Å². The molecule has 2 aromatic rings. The summed E-state index contributed by atoms with van der Waals surface area (Å²) in [6.07, 6.45) is 2.07. The third-order valence-corrected chi connectivity index (χ3v) is 4.13. The molecule has 2 rings (SSSR count). The number of phenols is 1. The molecule has 0 aliphatic rings. The molecule has 1 heterocycles. The molecule has 1 atom stereocenters. The van der Waals surface area contributed by atoms with Crippen LogP contribution in [0.5, 0.6) is 5.75 Å². The first kappa shape index (κ1) is 13.9. The molecule has 0 bridgehead atoms. The van der Waals surface area contributed by atoms with Crippen molar-refractivity contribution >= 4 is 17.0 Å². The first-order valence-corrected chi connectivity index (χ1v) is 7.36. The third-order valence-electron chi connectivity index (χ3n) is 3.19. The van der Waals surface area contributed by atoms with Gasteiger partial charge in [0.1, 0.15) is 5.75 Å². The van der Waals surface area contributed by atoms with E-state index in [0.29, 0.717) is 11.8 Å². The topological polar surface area (TPSA) is 58.3 Å². The molecule has 0 amide bonds. The van der Waals surface area contributed by atoms with Gasteiger partial charge in [-0.25, -0.2) is 0 Å². The molecule has 1 unspecified atom stereocenters. The quantitative estimate of drug-likeness (QED) is 0.759. The molecule has 0 aliphatic carbocycles. The van der Waals surface area contributed by atoms with Crippen LogP contribution < -0.4 is 11.1 Å². The Labute approximate surface area is 118 Å². The van der Waals surface area contributed by atoms with Crippen LogP contribution >= 0.6 is 11.3 Å². The van der Waals surface area contributed by atoms with Crippen LogP contribution in [0.15, 0.2) is 35.7 Å². The van der Waals surface area contributed by atoms with Crippen LogP contribution in [0.25, 0.3) is 0 Å². The van der Waals surface area contributed by atoms with Gasteiger partial charge < -0.3 is 16.2 Å². The zero-order valence-electron chi connectivity index (χ0n) is 11.1. The van der Waals surface area contributed by atoms with E-state index in [4.69, 9.17) is 5.73 Å². The zero-order valence-corrected chi connectivity index (χ0v) is 11.9. The summed E-state index contributed by atoms with van der Waals surface area (Å²) >= 11 is 1.69. The number of nitrogens with one attached hydrogen (secondary N) is 1. The first-order chi connectivity index (χ1) is 9.15. The lowest BCUT2D eigenvalue weighted by molar-refractivity contribution is 0.474. The van der Waals surface area contributed by atoms with Crippen LogP contribution in [0.2, 0.25) is 0 Å². The highest BCUT2D eigenvalue weighted by Crippen LogP contribution is 2.18. The van der Waals surface area contributed by atoms with E-state index < -0.39 is 0 Å². The summed E-state index contributed by atoms with van der Waals surface area (Å²) in [5, 5.41) is 14.7. The summed E-state index contributed by atoms with van der Waals surface area (Å²) in [5.41, 5.74) is 7.98. The maximum absolute atomic E-state index is 9.23. The van der Waals surface area contributed by atoms with Gasteiger partial charge >= 0.3 is 0 Å². The minimum Gasteiger partial charge on any atom is -0.508 e. The highest BCUT2D eigenvalue weighted by molar-refractivity contribution is 7.10. The molecule has 19 heavy (non-hydrogen) atoms. The average Bonchev–Trinajstić information content (AvgIpc) is 2.81. The summed E-state index contributed by atoms with van der Waals surface area (Å²) < 4.78 is 0. The second-order valence-electron chi connectivity index (χ2n) is 4.79. The second-order valence-corrected chi connectivity index (χ2v) is 5.79. The number of benzene rings is 1. The molecule has 0 saturated carbocycles. The van der Waals surface area contributed by atoms with E-state index in [9.17, 15) is 5.11 Å². The van der Waals surface area contributed by atoms with Gasteiger partial charge in [-0.2, -0.15) is 0 Å². The molecule has 0 saturated heterocycles.